The van der Waals surface area contributed by atoms with Gasteiger partial charge in [-0.2, -0.15) is 0 Å². The van der Waals surface area contributed by atoms with Crippen LogP contribution < -0.4 is 4.90 Å². The Labute approximate surface area is 285 Å². The minimum Gasteiger partial charge on any atom is -0.455 e. The van der Waals surface area contributed by atoms with Crippen molar-refractivity contribution in [3.05, 3.63) is 188 Å². The summed E-state index contributed by atoms with van der Waals surface area (Å²) < 4.78 is 43.5. The van der Waals surface area contributed by atoms with Crippen LogP contribution in [0.1, 0.15) is 5.48 Å². The molecule has 0 spiro atoms. The Morgan fingerprint density at radius 2 is 1.00 bits per heavy atom. The maximum atomic E-state index is 9.37. The molecule has 2 heteroatoms. The number of para-hydroxylation sites is 2. The van der Waals surface area contributed by atoms with E-state index in [0.717, 1.165) is 55.0 Å². The first kappa shape index (κ1) is 23.9. The molecule has 1 aromatic heterocycles. The molecule has 0 bridgehead atoms. The second-order valence-corrected chi connectivity index (χ2v) is 11.9. The standard InChI is InChI=1S/C46H31NO/c1-2-9-32(10-3-1)34-19-25-39(26-20-34)47(40-27-21-35(22-28-40)38-18-17-33-11-4-5-12-37(33)31-38)41-29-23-36(24-30-41)42-14-8-15-44-43-13-6-7-16-45(43)48-46(42)44/h1-31H/i21D,22D,27D,28D. The Bertz CT molecular complexity index is 2740. The van der Waals surface area contributed by atoms with Gasteiger partial charge in [-0.1, -0.05) is 139 Å². The number of fused-ring (bicyclic) bond motifs is 4. The van der Waals surface area contributed by atoms with Gasteiger partial charge in [-0.3, -0.25) is 0 Å². The number of anilines is 3. The molecule has 48 heavy (non-hydrogen) atoms. The highest BCUT2D eigenvalue weighted by Crippen LogP contribution is 2.40. The zero-order valence-electron chi connectivity index (χ0n) is 29.9. The number of hydrogen-bond donors (Lipinski definition) is 0. The Kier molecular flexibility index (Phi) is 5.85. The van der Waals surface area contributed by atoms with Gasteiger partial charge < -0.3 is 9.32 Å². The molecule has 9 aromatic rings. The maximum Gasteiger partial charge on any atom is 0.143 e. The van der Waals surface area contributed by atoms with E-state index in [0.29, 0.717) is 16.9 Å². The van der Waals surface area contributed by atoms with Crippen molar-refractivity contribution in [2.45, 2.75) is 0 Å². The monoisotopic (exact) mass is 617 g/mol. The van der Waals surface area contributed by atoms with Gasteiger partial charge in [0.2, 0.25) is 0 Å². The highest BCUT2D eigenvalue weighted by molar-refractivity contribution is 6.09. The molecule has 0 atom stereocenters. The number of nitrogens with zero attached hydrogens (tertiary/aromatic N) is 1. The lowest BCUT2D eigenvalue weighted by Gasteiger charge is -2.26. The van der Waals surface area contributed by atoms with Gasteiger partial charge >= 0.3 is 0 Å². The van der Waals surface area contributed by atoms with Crippen LogP contribution in [0.2, 0.25) is 0 Å². The molecule has 0 fully saturated rings. The van der Waals surface area contributed by atoms with Crippen LogP contribution in [0.4, 0.5) is 17.1 Å². The summed E-state index contributed by atoms with van der Waals surface area (Å²) >= 11 is 0. The van der Waals surface area contributed by atoms with Crippen LogP contribution in [-0.4, -0.2) is 0 Å². The predicted octanol–water partition coefficient (Wildman–Crippen LogP) is 13.2. The number of hydrogen-bond acceptors (Lipinski definition) is 2. The second-order valence-electron chi connectivity index (χ2n) is 11.9. The predicted molar refractivity (Wildman–Crippen MR) is 202 cm³/mol. The fourth-order valence-corrected chi connectivity index (χ4v) is 6.51. The van der Waals surface area contributed by atoms with E-state index in [1.54, 1.807) is 0 Å². The molecule has 9 rings (SSSR count). The molecule has 1 heterocycles. The third-order valence-electron chi connectivity index (χ3n) is 8.95. The molecular weight excluding hydrogens is 583 g/mol. The number of furan rings is 1. The lowest BCUT2D eigenvalue weighted by Crippen LogP contribution is -2.09. The maximum absolute atomic E-state index is 9.37. The minimum absolute atomic E-state index is 0.0922. The molecule has 0 saturated heterocycles. The number of rotatable bonds is 6. The van der Waals surface area contributed by atoms with E-state index in [1.807, 2.05) is 144 Å². The molecule has 0 N–H and O–H groups in total. The fraction of sp³-hybridized carbons (Fsp3) is 0. The van der Waals surface area contributed by atoms with Crippen LogP contribution in [0.15, 0.2) is 192 Å². The smallest absolute Gasteiger partial charge is 0.143 e. The van der Waals surface area contributed by atoms with Crippen molar-refractivity contribution < 1.29 is 9.90 Å². The largest absolute Gasteiger partial charge is 0.455 e. The van der Waals surface area contributed by atoms with Gasteiger partial charge in [0.25, 0.3) is 0 Å². The van der Waals surface area contributed by atoms with Crippen LogP contribution in [0.3, 0.4) is 0 Å². The summed E-state index contributed by atoms with van der Waals surface area (Å²) in [5.74, 6) is 0. The first-order valence-corrected chi connectivity index (χ1v) is 16.0. The van der Waals surface area contributed by atoms with E-state index in [9.17, 15) is 5.48 Å². The van der Waals surface area contributed by atoms with E-state index in [-0.39, 0.29) is 35.4 Å². The van der Waals surface area contributed by atoms with Crippen LogP contribution in [0.25, 0.3) is 66.1 Å². The third kappa shape index (κ3) is 5.01. The van der Waals surface area contributed by atoms with Crippen molar-refractivity contribution in [3.8, 4) is 33.4 Å². The Morgan fingerprint density at radius 1 is 0.396 bits per heavy atom. The lowest BCUT2D eigenvalue weighted by atomic mass is 10.00. The van der Waals surface area contributed by atoms with E-state index in [4.69, 9.17) is 4.42 Å². The van der Waals surface area contributed by atoms with Crippen molar-refractivity contribution in [2.24, 2.45) is 0 Å². The van der Waals surface area contributed by atoms with Gasteiger partial charge in [-0.05, 0) is 87.1 Å². The van der Waals surface area contributed by atoms with Gasteiger partial charge in [0, 0.05) is 33.4 Å². The highest BCUT2D eigenvalue weighted by atomic mass is 16.3. The summed E-state index contributed by atoms with van der Waals surface area (Å²) in [7, 11) is 0. The van der Waals surface area contributed by atoms with Crippen molar-refractivity contribution in [2.75, 3.05) is 4.90 Å². The fourth-order valence-electron chi connectivity index (χ4n) is 6.51. The van der Waals surface area contributed by atoms with Gasteiger partial charge in [0.15, 0.2) is 0 Å². The van der Waals surface area contributed by atoms with Crippen LogP contribution in [0, 0.1) is 0 Å². The Balaban J connectivity index is 1.19. The first-order chi connectivity index (χ1) is 25.5. The van der Waals surface area contributed by atoms with Crippen molar-refractivity contribution >= 4 is 49.8 Å². The molecule has 8 aromatic carbocycles. The normalized spacial score (nSPS) is 12.5. The summed E-state index contributed by atoms with van der Waals surface area (Å²) in [6, 6.07) is 53.5. The first-order valence-electron chi connectivity index (χ1n) is 18.0. The molecular formula is C46H31NO. The summed E-state index contributed by atoms with van der Waals surface area (Å²) in [5.41, 5.74) is 8.19. The molecule has 0 aliphatic heterocycles. The van der Waals surface area contributed by atoms with Crippen molar-refractivity contribution in [1.82, 2.24) is 0 Å². The third-order valence-corrected chi connectivity index (χ3v) is 8.95. The quantitative estimate of drug-likeness (QED) is 0.185. The van der Waals surface area contributed by atoms with Gasteiger partial charge in [0.05, 0.1) is 5.48 Å². The van der Waals surface area contributed by atoms with E-state index in [2.05, 4.69) is 24.3 Å². The number of benzene rings is 8. The molecule has 0 saturated carbocycles. The summed E-state index contributed by atoms with van der Waals surface area (Å²) in [6.07, 6.45) is 0. The SMILES string of the molecule is [2H]c1c([2H])c(N(c2ccc(-c3ccccc3)cc2)c2ccc(-c3cccc4c3oc3ccccc34)cc2)c([2H])c([2H])c1-c1ccc2ccccc2c1. The molecule has 0 amide bonds. The van der Waals surface area contributed by atoms with Crippen molar-refractivity contribution in [1.29, 1.82) is 0 Å². The molecule has 0 radical (unpaired) electrons. The van der Waals surface area contributed by atoms with Crippen LogP contribution in [0.5, 0.6) is 0 Å². The van der Waals surface area contributed by atoms with Crippen LogP contribution in [-0.2, 0) is 0 Å². The zero-order chi connectivity index (χ0) is 35.3. The topological polar surface area (TPSA) is 16.4 Å². The lowest BCUT2D eigenvalue weighted by molar-refractivity contribution is 0.670. The second kappa shape index (κ2) is 11.8. The molecule has 226 valence electrons. The Hall–Kier alpha value is -6.38. The minimum atomic E-state index is -0.118. The van der Waals surface area contributed by atoms with Gasteiger partial charge in [0.1, 0.15) is 11.2 Å². The van der Waals surface area contributed by atoms with Crippen molar-refractivity contribution in [3.63, 3.8) is 0 Å². The van der Waals surface area contributed by atoms with Gasteiger partial charge in [-0.15, -0.1) is 0 Å². The molecule has 0 aliphatic carbocycles. The summed E-state index contributed by atoms with van der Waals surface area (Å²) in [5, 5.41) is 4.13. The molecule has 0 aliphatic rings. The van der Waals surface area contributed by atoms with Crippen LogP contribution >= 0.6 is 0 Å². The zero-order valence-corrected chi connectivity index (χ0v) is 25.9. The van der Waals surface area contributed by atoms with E-state index < -0.39 is 0 Å². The average molecular weight is 618 g/mol. The van der Waals surface area contributed by atoms with E-state index in [1.165, 1.54) is 0 Å². The van der Waals surface area contributed by atoms with Gasteiger partial charge in [-0.25, -0.2) is 0 Å². The average Bonchev–Trinajstić information content (AvgIpc) is 3.58. The Morgan fingerprint density at radius 3 is 1.77 bits per heavy atom. The summed E-state index contributed by atoms with van der Waals surface area (Å²) in [4.78, 5) is 1.82. The van der Waals surface area contributed by atoms with E-state index >= 15 is 0 Å². The molecule has 2 nitrogen and oxygen atoms in total. The molecule has 0 unspecified atom stereocenters. The summed E-state index contributed by atoms with van der Waals surface area (Å²) in [6.45, 7) is 0. The highest BCUT2D eigenvalue weighted by Gasteiger charge is 2.16.